The summed E-state index contributed by atoms with van der Waals surface area (Å²) in [6.45, 7) is 4.64. The molecule has 8 nitrogen and oxygen atoms in total. The van der Waals surface area contributed by atoms with Crippen molar-refractivity contribution in [1.82, 2.24) is 24.9 Å². The highest BCUT2D eigenvalue weighted by atomic mass is 19.4. The number of morpholine rings is 1. The zero-order valence-electron chi connectivity index (χ0n) is 17.3. The lowest BCUT2D eigenvalue weighted by Gasteiger charge is -2.60. The molecular formula is C20H26F3N5O3. The normalized spacial score (nSPS) is 28.1. The third-order valence-electron chi connectivity index (χ3n) is 7.06. The maximum Gasteiger partial charge on any atom is 0.435 e. The Morgan fingerprint density at radius 1 is 1.32 bits per heavy atom. The van der Waals surface area contributed by atoms with Crippen molar-refractivity contribution in [2.45, 2.75) is 51.1 Å². The lowest BCUT2D eigenvalue weighted by atomic mass is 9.58. The molecule has 5 rings (SSSR count). The molecule has 1 spiro atoms. The topological polar surface area (TPSA) is 79.7 Å². The number of carbonyl (C=O) groups excluding carboxylic acids is 2. The molecule has 0 radical (unpaired) electrons. The van der Waals surface area contributed by atoms with E-state index in [1.165, 1.54) is 4.68 Å². The Kier molecular flexibility index (Phi) is 4.72. The molecule has 0 bridgehead atoms. The van der Waals surface area contributed by atoms with Gasteiger partial charge in [-0.2, -0.15) is 18.3 Å². The van der Waals surface area contributed by atoms with Crippen molar-refractivity contribution in [3.05, 3.63) is 17.5 Å². The summed E-state index contributed by atoms with van der Waals surface area (Å²) in [4.78, 5) is 28.0. The number of alkyl halides is 3. The van der Waals surface area contributed by atoms with Gasteiger partial charge in [-0.25, -0.2) is 4.79 Å². The van der Waals surface area contributed by atoms with Crippen LogP contribution >= 0.6 is 0 Å². The average molecular weight is 441 g/mol. The van der Waals surface area contributed by atoms with Gasteiger partial charge in [0.05, 0.1) is 12.1 Å². The van der Waals surface area contributed by atoms with E-state index < -0.39 is 11.9 Å². The van der Waals surface area contributed by atoms with Crippen LogP contribution in [0.15, 0.2) is 6.07 Å². The van der Waals surface area contributed by atoms with E-state index >= 15 is 0 Å². The van der Waals surface area contributed by atoms with Crippen molar-refractivity contribution in [2.75, 3.05) is 32.8 Å². The fourth-order valence-electron chi connectivity index (χ4n) is 5.60. The Morgan fingerprint density at radius 3 is 2.74 bits per heavy atom. The van der Waals surface area contributed by atoms with Crippen molar-refractivity contribution >= 4 is 11.9 Å². The van der Waals surface area contributed by atoms with Gasteiger partial charge in [-0.05, 0) is 38.2 Å². The van der Waals surface area contributed by atoms with Crippen LogP contribution in [-0.2, 0) is 22.3 Å². The van der Waals surface area contributed by atoms with Gasteiger partial charge in [-0.1, -0.05) is 0 Å². The number of nitrogens with zero attached hydrogens (tertiary/aromatic N) is 4. The number of aryl methyl sites for hydroxylation is 1. The molecular weight excluding hydrogens is 415 g/mol. The average Bonchev–Trinajstić information content (AvgIpc) is 3.02. The minimum absolute atomic E-state index is 0.00918. The number of fused-ring (bicyclic) bond motifs is 1. The zero-order valence-corrected chi connectivity index (χ0v) is 17.3. The first-order chi connectivity index (χ1) is 14.6. The molecule has 31 heavy (non-hydrogen) atoms. The molecule has 1 aliphatic carbocycles. The zero-order chi connectivity index (χ0) is 22.0. The third-order valence-corrected chi connectivity index (χ3v) is 7.06. The number of piperidine rings is 1. The molecule has 3 saturated heterocycles. The number of rotatable bonds is 2. The lowest BCUT2D eigenvalue weighted by Crippen LogP contribution is -2.68. The lowest BCUT2D eigenvalue weighted by molar-refractivity contribution is -0.142. The Balaban J connectivity index is 1.10. The molecule has 1 aromatic heterocycles. The summed E-state index contributed by atoms with van der Waals surface area (Å²) in [6, 6.07) is 0.924. The summed E-state index contributed by atoms with van der Waals surface area (Å²) >= 11 is 0. The number of aromatic nitrogens is 2. The number of hydrogen-bond acceptors (Lipinski definition) is 4. The molecule has 2 unspecified atom stereocenters. The first-order valence-corrected chi connectivity index (χ1v) is 10.7. The van der Waals surface area contributed by atoms with Crippen molar-refractivity contribution in [1.29, 1.82) is 0 Å². The monoisotopic (exact) mass is 441 g/mol. The van der Waals surface area contributed by atoms with E-state index in [2.05, 4.69) is 10.4 Å². The summed E-state index contributed by atoms with van der Waals surface area (Å²) in [7, 11) is 0. The summed E-state index contributed by atoms with van der Waals surface area (Å²) in [5, 5.41) is 6.62. The van der Waals surface area contributed by atoms with E-state index in [0.29, 0.717) is 44.8 Å². The Morgan fingerprint density at radius 2 is 2.06 bits per heavy atom. The highest BCUT2D eigenvalue weighted by Crippen LogP contribution is 2.52. The first kappa shape index (κ1) is 20.6. The van der Waals surface area contributed by atoms with Gasteiger partial charge >= 0.3 is 12.2 Å². The number of nitrogens with one attached hydrogen (secondary N) is 1. The van der Waals surface area contributed by atoms with E-state index in [4.69, 9.17) is 4.74 Å². The number of halogens is 3. The van der Waals surface area contributed by atoms with Gasteiger partial charge in [-0.15, -0.1) is 0 Å². The second-order valence-corrected chi connectivity index (χ2v) is 9.52. The molecule has 4 aliphatic rings. The second-order valence-electron chi connectivity index (χ2n) is 9.52. The van der Waals surface area contributed by atoms with Crippen LogP contribution in [0.1, 0.15) is 30.7 Å². The molecule has 4 fully saturated rings. The molecule has 4 heterocycles. The van der Waals surface area contributed by atoms with E-state index in [1.807, 2.05) is 4.90 Å². The van der Waals surface area contributed by atoms with Crippen LogP contribution in [0.5, 0.6) is 0 Å². The fourth-order valence-corrected chi connectivity index (χ4v) is 5.60. The number of urea groups is 1. The summed E-state index contributed by atoms with van der Waals surface area (Å²) in [5.41, 5.74) is -0.238. The number of hydrogen-bond donors (Lipinski definition) is 1. The minimum atomic E-state index is -4.42. The summed E-state index contributed by atoms with van der Waals surface area (Å²) in [6.07, 6.45) is -1.95. The Bertz CT molecular complexity index is 887. The van der Waals surface area contributed by atoms with Crippen molar-refractivity contribution in [3.8, 4) is 0 Å². The van der Waals surface area contributed by atoms with Gasteiger partial charge in [0.2, 0.25) is 5.91 Å². The predicted molar refractivity (Wildman–Crippen MR) is 102 cm³/mol. The van der Waals surface area contributed by atoms with Gasteiger partial charge in [-0.3, -0.25) is 9.48 Å². The van der Waals surface area contributed by atoms with E-state index in [9.17, 15) is 22.8 Å². The number of amides is 3. The number of ether oxygens (including phenoxy) is 1. The van der Waals surface area contributed by atoms with Crippen LogP contribution in [0.25, 0.3) is 0 Å². The molecule has 1 aromatic rings. The van der Waals surface area contributed by atoms with Crippen molar-refractivity contribution < 1.29 is 27.5 Å². The second kappa shape index (κ2) is 7.11. The van der Waals surface area contributed by atoms with E-state index in [0.717, 1.165) is 18.9 Å². The molecule has 1 saturated carbocycles. The Hall–Kier alpha value is -2.30. The number of likely N-dealkylation sites (tertiary alicyclic amines) is 2. The van der Waals surface area contributed by atoms with Crippen LogP contribution in [0.3, 0.4) is 0 Å². The standard InChI is InChI=1S/C20H26F3N5O3/c1-12-4-16(20(21,22)23)25-28(12)7-13-5-19(6-13)10-27(11-19)18(30)26-3-2-15-14(8-26)24-17(29)9-31-15/h4,13-15H,2-3,5-11H2,1H3,(H,24,29). The largest absolute Gasteiger partial charge is 0.435 e. The highest BCUT2D eigenvalue weighted by molar-refractivity contribution is 5.79. The quantitative estimate of drug-likeness (QED) is 0.757. The molecule has 0 aromatic carbocycles. The van der Waals surface area contributed by atoms with Crippen LogP contribution in [-0.4, -0.2) is 76.5 Å². The SMILES string of the molecule is Cc1cc(C(F)(F)F)nn1CC1CC2(C1)CN(C(=O)N1CCC3OCC(=O)NC3C1)C2. The summed E-state index contributed by atoms with van der Waals surface area (Å²) in [5.74, 6) is 0.135. The number of carbonyl (C=O) groups is 2. The fraction of sp³-hybridized carbons (Fsp3) is 0.750. The van der Waals surface area contributed by atoms with Gasteiger partial charge in [0.1, 0.15) is 6.61 Å². The van der Waals surface area contributed by atoms with Gasteiger partial charge in [0.15, 0.2) is 5.69 Å². The molecule has 1 N–H and O–H groups in total. The third kappa shape index (κ3) is 3.77. The van der Waals surface area contributed by atoms with Crippen molar-refractivity contribution in [3.63, 3.8) is 0 Å². The van der Waals surface area contributed by atoms with Crippen LogP contribution in [0.4, 0.5) is 18.0 Å². The first-order valence-electron chi connectivity index (χ1n) is 10.7. The molecule has 11 heteroatoms. The van der Waals surface area contributed by atoms with Crippen LogP contribution in [0.2, 0.25) is 0 Å². The maximum absolute atomic E-state index is 12.9. The van der Waals surface area contributed by atoms with E-state index in [1.54, 1.807) is 11.8 Å². The maximum atomic E-state index is 12.9. The molecule has 170 valence electrons. The molecule has 2 atom stereocenters. The highest BCUT2D eigenvalue weighted by Gasteiger charge is 2.54. The Labute approximate surface area is 177 Å². The smallest absolute Gasteiger partial charge is 0.366 e. The van der Waals surface area contributed by atoms with Crippen LogP contribution in [0, 0.1) is 18.3 Å². The van der Waals surface area contributed by atoms with Gasteiger partial charge < -0.3 is 19.9 Å². The molecule has 3 aliphatic heterocycles. The molecule has 3 amide bonds. The van der Waals surface area contributed by atoms with E-state index in [-0.39, 0.29) is 42.0 Å². The van der Waals surface area contributed by atoms with Gasteiger partial charge in [0, 0.05) is 43.8 Å². The minimum Gasteiger partial charge on any atom is -0.366 e. The van der Waals surface area contributed by atoms with Crippen molar-refractivity contribution in [2.24, 2.45) is 11.3 Å². The summed E-state index contributed by atoms with van der Waals surface area (Å²) < 4.78 is 45.5. The van der Waals surface area contributed by atoms with Gasteiger partial charge in [0.25, 0.3) is 0 Å². The predicted octanol–water partition coefficient (Wildman–Crippen LogP) is 1.63. The van der Waals surface area contributed by atoms with Crippen LogP contribution < -0.4 is 5.32 Å².